The number of hydrogen-bond acceptors (Lipinski definition) is 6. The average molecular weight is 461 g/mol. The molecule has 3 rings (SSSR count). The molecule has 1 atom stereocenters. The minimum absolute atomic E-state index is 0.0862. The fourth-order valence-electron chi connectivity index (χ4n) is 3.42. The van der Waals surface area contributed by atoms with Crippen LogP contribution in [0, 0.1) is 13.8 Å². The number of allylic oxidation sites excluding steroid dienone is 2. The minimum Gasteiger partial charge on any atom is -0.506 e. The van der Waals surface area contributed by atoms with Gasteiger partial charge in [0.2, 0.25) is 0 Å². The average Bonchev–Trinajstić information content (AvgIpc) is 2.61. The molecule has 8 heteroatoms. The van der Waals surface area contributed by atoms with E-state index in [0.29, 0.717) is 11.5 Å². The Bertz CT molecular complexity index is 1100. The van der Waals surface area contributed by atoms with Gasteiger partial charge in [0.05, 0.1) is 17.4 Å². The van der Waals surface area contributed by atoms with Crippen LogP contribution >= 0.6 is 15.9 Å². The summed E-state index contributed by atoms with van der Waals surface area (Å²) in [4.78, 5) is 23.8. The van der Waals surface area contributed by atoms with Gasteiger partial charge in [0, 0.05) is 31.2 Å². The van der Waals surface area contributed by atoms with E-state index in [4.69, 9.17) is 0 Å². The molecule has 0 fully saturated rings. The molecule has 2 aromatic rings. The Hall–Kier alpha value is -2.45. The fraction of sp³-hybridized carbons (Fsp3) is 0.381. The largest absolute Gasteiger partial charge is 0.506 e. The molecule has 0 radical (unpaired) electrons. The SMILES string of the molecule is CC1=CN(C)C(c2nc(C(C)(C)O)ncc2C)C=C1n1c(C)cc(O)c(Br)c1=O. The Morgan fingerprint density at radius 3 is 2.52 bits per heavy atom. The van der Waals surface area contributed by atoms with E-state index in [0.717, 1.165) is 22.5 Å². The van der Waals surface area contributed by atoms with Crippen molar-refractivity contribution in [1.82, 2.24) is 19.4 Å². The summed E-state index contributed by atoms with van der Waals surface area (Å²) in [5.41, 5.74) is 2.39. The zero-order valence-electron chi connectivity index (χ0n) is 17.4. The number of aromatic hydroxyl groups is 1. The van der Waals surface area contributed by atoms with Gasteiger partial charge in [-0.3, -0.25) is 9.36 Å². The predicted octanol–water partition coefficient (Wildman–Crippen LogP) is 3.38. The lowest BCUT2D eigenvalue weighted by Gasteiger charge is -2.32. The molecular formula is C21H25BrN4O3. The highest BCUT2D eigenvalue weighted by Crippen LogP contribution is 2.34. The van der Waals surface area contributed by atoms with Crippen molar-refractivity contribution in [1.29, 1.82) is 0 Å². The van der Waals surface area contributed by atoms with Crippen molar-refractivity contribution in [2.45, 2.75) is 46.3 Å². The van der Waals surface area contributed by atoms with Crippen LogP contribution < -0.4 is 5.56 Å². The Kier molecular flexibility index (Phi) is 5.44. The maximum atomic E-state index is 12.8. The molecule has 0 saturated carbocycles. The first-order valence-electron chi connectivity index (χ1n) is 9.22. The highest BCUT2D eigenvalue weighted by molar-refractivity contribution is 9.10. The summed E-state index contributed by atoms with van der Waals surface area (Å²) in [6.07, 6.45) is 5.63. The molecule has 0 spiro atoms. The number of aromatic nitrogens is 3. The third-order valence-electron chi connectivity index (χ3n) is 4.95. The van der Waals surface area contributed by atoms with Gasteiger partial charge < -0.3 is 15.1 Å². The van der Waals surface area contributed by atoms with Crippen molar-refractivity contribution in [2.24, 2.45) is 0 Å². The van der Waals surface area contributed by atoms with E-state index in [9.17, 15) is 15.0 Å². The predicted molar refractivity (Wildman–Crippen MR) is 115 cm³/mol. The van der Waals surface area contributed by atoms with Crippen LogP contribution in [0.2, 0.25) is 0 Å². The van der Waals surface area contributed by atoms with Crippen LogP contribution in [0.15, 0.2) is 39.4 Å². The molecule has 2 N–H and O–H groups in total. The van der Waals surface area contributed by atoms with Crippen molar-refractivity contribution in [3.63, 3.8) is 0 Å². The second kappa shape index (κ2) is 7.42. The number of aliphatic hydroxyl groups is 1. The van der Waals surface area contributed by atoms with E-state index < -0.39 is 5.60 Å². The number of hydrogen-bond donors (Lipinski definition) is 2. The number of likely N-dealkylation sites (N-methyl/N-ethyl adjacent to an activating group) is 1. The van der Waals surface area contributed by atoms with Crippen LogP contribution in [-0.2, 0) is 5.60 Å². The van der Waals surface area contributed by atoms with Crippen LogP contribution in [0.3, 0.4) is 0 Å². The first-order chi connectivity index (χ1) is 13.4. The van der Waals surface area contributed by atoms with Crippen LogP contribution in [0.1, 0.15) is 49.6 Å². The topological polar surface area (TPSA) is 91.5 Å². The van der Waals surface area contributed by atoms with Crippen molar-refractivity contribution < 1.29 is 10.2 Å². The standard InChI is InChI=1S/C21H25BrN4O3/c1-11-9-23-20(21(4,5)29)24-18(11)15-8-14(12(2)10-25(15)6)26-13(3)7-16(27)17(22)19(26)28/h7-10,15,27,29H,1-6H3. The smallest absolute Gasteiger partial charge is 0.273 e. The summed E-state index contributed by atoms with van der Waals surface area (Å²) in [6.45, 7) is 8.92. The van der Waals surface area contributed by atoms with Crippen LogP contribution in [0.4, 0.5) is 0 Å². The third-order valence-corrected chi connectivity index (χ3v) is 5.69. The molecule has 154 valence electrons. The Morgan fingerprint density at radius 1 is 1.24 bits per heavy atom. The number of rotatable bonds is 3. The summed E-state index contributed by atoms with van der Waals surface area (Å²) in [7, 11) is 1.94. The molecule has 7 nitrogen and oxygen atoms in total. The van der Waals surface area contributed by atoms with Gasteiger partial charge in [-0.15, -0.1) is 0 Å². The number of nitrogens with zero attached hydrogens (tertiary/aromatic N) is 4. The normalized spacial score (nSPS) is 17.2. The van der Waals surface area contributed by atoms with E-state index in [1.54, 1.807) is 37.6 Å². The van der Waals surface area contributed by atoms with Crippen molar-refractivity contribution in [2.75, 3.05) is 7.05 Å². The highest BCUT2D eigenvalue weighted by atomic mass is 79.9. The molecule has 0 aromatic carbocycles. The summed E-state index contributed by atoms with van der Waals surface area (Å²) in [5.74, 6) is 0.255. The maximum Gasteiger partial charge on any atom is 0.273 e. The molecule has 0 aliphatic carbocycles. The molecule has 2 aromatic heterocycles. The van der Waals surface area contributed by atoms with E-state index in [2.05, 4.69) is 25.9 Å². The van der Waals surface area contributed by atoms with Crippen molar-refractivity contribution >= 4 is 21.6 Å². The summed E-state index contributed by atoms with van der Waals surface area (Å²) in [6, 6.07) is 1.30. The molecule has 1 unspecified atom stereocenters. The molecule has 1 aliphatic rings. The molecule has 0 saturated heterocycles. The molecule has 0 amide bonds. The second-order valence-electron chi connectivity index (χ2n) is 7.92. The van der Waals surface area contributed by atoms with Gasteiger partial charge in [0.15, 0.2) is 5.82 Å². The first kappa shape index (κ1) is 21.3. The molecule has 0 bridgehead atoms. The summed E-state index contributed by atoms with van der Waals surface area (Å²) in [5, 5.41) is 20.3. The lowest BCUT2D eigenvalue weighted by atomic mass is 10.00. The van der Waals surface area contributed by atoms with Gasteiger partial charge in [-0.25, -0.2) is 9.97 Å². The zero-order chi connectivity index (χ0) is 21.7. The Balaban J connectivity index is 2.21. The zero-order valence-corrected chi connectivity index (χ0v) is 18.9. The van der Waals surface area contributed by atoms with Crippen molar-refractivity contribution in [3.05, 3.63) is 67.7 Å². The van der Waals surface area contributed by atoms with Gasteiger partial charge in [0.25, 0.3) is 5.56 Å². The maximum absolute atomic E-state index is 12.8. The van der Waals surface area contributed by atoms with Crippen LogP contribution in [-0.4, -0.2) is 36.7 Å². The van der Waals surface area contributed by atoms with Gasteiger partial charge >= 0.3 is 0 Å². The quantitative estimate of drug-likeness (QED) is 0.729. The van der Waals surface area contributed by atoms with Crippen molar-refractivity contribution in [3.8, 4) is 5.75 Å². The van der Waals surface area contributed by atoms with E-state index in [1.165, 1.54) is 0 Å². The number of pyridine rings is 1. The monoisotopic (exact) mass is 460 g/mol. The third kappa shape index (κ3) is 3.86. The van der Waals surface area contributed by atoms with Crippen LogP contribution in [0.25, 0.3) is 5.70 Å². The molecular weight excluding hydrogens is 436 g/mol. The molecule has 29 heavy (non-hydrogen) atoms. The summed E-state index contributed by atoms with van der Waals surface area (Å²) >= 11 is 3.18. The summed E-state index contributed by atoms with van der Waals surface area (Å²) < 4.78 is 1.69. The lowest BCUT2D eigenvalue weighted by Crippen LogP contribution is -2.30. The Labute approximate surface area is 178 Å². The Morgan fingerprint density at radius 2 is 1.90 bits per heavy atom. The van der Waals surface area contributed by atoms with Gasteiger partial charge in [-0.1, -0.05) is 0 Å². The highest BCUT2D eigenvalue weighted by Gasteiger charge is 2.27. The van der Waals surface area contributed by atoms with E-state index in [1.807, 2.05) is 38.1 Å². The second-order valence-corrected chi connectivity index (χ2v) is 8.71. The minimum atomic E-state index is -1.16. The first-order valence-corrected chi connectivity index (χ1v) is 10.0. The van der Waals surface area contributed by atoms with Gasteiger partial charge in [0.1, 0.15) is 15.8 Å². The molecule has 3 heterocycles. The van der Waals surface area contributed by atoms with E-state index >= 15 is 0 Å². The van der Waals surface area contributed by atoms with E-state index in [-0.39, 0.29) is 21.8 Å². The molecule has 1 aliphatic heterocycles. The fourth-order valence-corrected chi connectivity index (χ4v) is 3.71. The number of aryl methyl sites for hydroxylation is 2. The van der Waals surface area contributed by atoms with Gasteiger partial charge in [-0.05, 0) is 67.8 Å². The van der Waals surface area contributed by atoms with Crippen LogP contribution in [0.5, 0.6) is 5.75 Å². The number of halogens is 1. The lowest BCUT2D eigenvalue weighted by molar-refractivity contribution is 0.0681. The van der Waals surface area contributed by atoms with Gasteiger partial charge in [-0.2, -0.15) is 0 Å².